The van der Waals surface area contributed by atoms with E-state index in [-0.39, 0.29) is 12.8 Å². The lowest BCUT2D eigenvalue weighted by Crippen LogP contribution is -2.24. The minimum atomic E-state index is -1.06. The van der Waals surface area contributed by atoms with Crippen LogP contribution in [0, 0.1) is 0 Å². The second-order valence-corrected chi connectivity index (χ2v) is 6.13. The molecule has 0 aliphatic heterocycles. The third kappa shape index (κ3) is 16.9. The molecule has 0 fully saturated rings. The average Bonchev–Trinajstić information content (AvgIpc) is 2.62. The van der Waals surface area contributed by atoms with Gasteiger partial charge in [0, 0.05) is 6.42 Å². The number of carboxylic acids is 1. The van der Waals surface area contributed by atoms with Crippen molar-refractivity contribution in [1.29, 1.82) is 0 Å². The second kappa shape index (κ2) is 17.9. The van der Waals surface area contributed by atoms with Gasteiger partial charge in [-0.05, 0) is 25.7 Å². The van der Waals surface area contributed by atoms with Gasteiger partial charge in [0.25, 0.3) is 0 Å². The van der Waals surface area contributed by atoms with E-state index in [0.29, 0.717) is 0 Å². The summed E-state index contributed by atoms with van der Waals surface area (Å²) < 4.78 is 0. The molecule has 0 spiro atoms. The van der Waals surface area contributed by atoms with Crippen molar-refractivity contribution in [1.82, 2.24) is 0 Å². The number of hydrogen-bond donors (Lipinski definition) is 3. The van der Waals surface area contributed by atoms with Gasteiger partial charge in [-0.15, -0.1) is 0 Å². The van der Waals surface area contributed by atoms with Gasteiger partial charge in [0.15, 0.2) is 0 Å². The van der Waals surface area contributed by atoms with Gasteiger partial charge in [0.1, 0.15) is 0 Å². The quantitative estimate of drug-likeness (QED) is 0.291. The third-order valence-corrected chi connectivity index (χ3v) is 3.71. The zero-order valence-electron chi connectivity index (χ0n) is 15.8. The van der Waals surface area contributed by atoms with Gasteiger partial charge in [0.2, 0.25) is 0 Å². The van der Waals surface area contributed by atoms with Crippen LogP contribution in [-0.2, 0) is 4.79 Å². The number of carbonyl (C=O) groups is 1. The predicted molar refractivity (Wildman–Crippen MR) is 108 cm³/mol. The van der Waals surface area contributed by atoms with Gasteiger partial charge in [0.05, 0.1) is 12.2 Å². The first kappa shape index (κ1) is 24.1. The topological polar surface area (TPSA) is 77.8 Å². The maximum atomic E-state index is 10.4. The van der Waals surface area contributed by atoms with Gasteiger partial charge in [-0.3, -0.25) is 4.79 Å². The fourth-order valence-electron chi connectivity index (χ4n) is 2.13. The molecule has 0 aromatic heterocycles. The first-order chi connectivity index (χ1) is 12.6. The Morgan fingerprint density at radius 3 is 2.23 bits per heavy atom. The molecule has 26 heavy (non-hydrogen) atoms. The largest absolute Gasteiger partial charge is 0.481 e. The van der Waals surface area contributed by atoms with Crippen LogP contribution in [-0.4, -0.2) is 33.5 Å². The number of hydrogen-bond acceptors (Lipinski definition) is 3. The van der Waals surface area contributed by atoms with E-state index in [2.05, 4.69) is 31.2 Å². The monoisotopic (exact) mass is 362 g/mol. The Morgan fingerprint density at radius 1 is 0.885 bits per heavy atom. The molecule has 0 saturated carbocycles. The van der Waals surface area contributed by atoms with Crippen LogP contribution >= 0.6 is 0 Å². The van der Waals surface area contributed by atoms with Crippen LogP contribution in [0.15, 0.2) is 60.8 Å². The van der Waals surface area contributed by atoms with Crippen molar-refractivity contribution in [3.63, 3.8) is 0 Å². The van der Waals surface area contributed by atoms with E-state index in [0.717, 1.165) is 12.8 Å². The molecule has 0 aromatic rings. The van der Waals surface area contributed by atoms with Crippen LogP contribution in [0.5, 0.6) is 0 Å². The molecule has 0 bridgehead atoms. The summed E-state index contributed by atoms with van der Waals surface area (Å²) in [5.74, 6) is -0.984. The SMILES string of the molecule is CCCCCC/C=C/C=C\C\C=C/C=C/C=C/C(O)C(O)CCC(=O)O. The molecule has 0 amide bonds. The average molecular weight is 363 g/mol. The normalized spacial score (nSPS) is 15.2. The van der Waals surface area contributed by atoms with Gasteiger partial charge in [-0.2, -0.15) is 0 Å². The highest BCUT2D eigenvalue weighted by molar-refractivity contribution is 5.66. The van der Waals surface area contributed by atoms with Crippen LogP contribution in [0.2, 0.25) is 0 Å². The number of aliphatic hydroxyl groups is 2. The van der Waals surface area contributed by atoms with Crippen LogP contribution in [0.3, 0.4) is 0 Å². The Balaban J connectivity index is 3.81. The molecule has 0 aliphatic carbocycles. The summed E-state index contributed by atoms with van der Waals surface area (Å²) >= 11 is 0. The van der Waals surface area contributed by atoms with Crippen LogP contribution in [0.4, 0.5) is 0 Å². The lowest BCUT2D eigenvalue weighted by atomic mass is 10.1. The zero-order valence-corrected chi connectivity index (χ0v) is 15.8. The highest BCUT2D eigenvalue weighted by atomic mass is 16.4. The number of allylic oxidation sites excluding steroid dienone is 9. The van der Waals surface area contributed by atoms with E-state index < -0.39 is 18.2 Å². The Labute approximate surface area is 157 Å². The maximum Gasteiger partial charge on any atom is 0.303 e. The molecule has 2 unspecified atom stereocenters. The summed E-state index contributed by atoms with van der Waals surface area (Å²) in [5, 5.41) is 27.7. The third-order valence-electron chi connectivity index (χ3n) is 3.71. The lowest BCUT2D eigenvalue weighted by molar-refractivity contribution is -0.137. The van der Waals surface area contributed by atoms with Gasteiger partial charge in [-0.1, -0.05) is 86.9 Å². The Hall–Kier alpha value is -1.91. The zero-order chi connectivity index (χ0) is 19.5. The van der Waals surface area contributed by atoms with Crippen molar-refractivity contribution >= 4 is 5.97 Å². The van der Waals surface area contributed by atoms with Crippen molar-refractivity contribution in [2.24, 2.45) is 0 Å². The summed E-state index contributed by atoms with van der Waals surface area (Å²) in [6.45, 7) is 2.22. The minimum absolute atomic E-state index is 0.0317. The van der Waals surface area contributed by atoms with Crippen molar-refractivity contribution in [3.05, 3.63) is 60.8 Å². The summed E-state index contributed by atoms with van der Waals surface area (Å²) in [6, 6.07) is 0. The number of unbranched alkanes of at least 4 members (excludes halogenated alkanes) is 4. The predicted octanol–water partition coefficient (Wildman–Crippen LogP) is 4.71. The molecule has 146 valence electrons. The van der Waals surface area contributed by atoms with E-state index in [9.17, 15) is 15.0 Å². The van der Waals surface area contributed by atoms with E-state index in [4.69, 9.17) is 5.11 Å². The Bertz CT molecular complexity index is 486. The molecule has 0 aliphatic rings. The van der Waals surface area contributed by atoms with Gasteiger partial charge in [-0.25, -0.2) is 0 Å². The van der Waals surface area contributed by atoms with E-state index in [1.165, 1.54) is 31.8 Å². The molecular formula is C22H34O4. The molecule has 0 saturated heterocycles. The molecular weight excluding hydrogens is 328 g/mol. The minimum Gasteiger partial charge on any atom is -0.481 e. The molecule has 0 heterocycles. The molecule has 4 nitrogen and oxygen atoms in total. The number of rotatable bonds is 15. The van der Waals surface area contributed by atoms with Crippen LogP contribution in [0.1, 0.15) is 58.3 Å². The first-order valence-electron chi connectivity index (χ1n) is 9.47. The molecule has 3 N–H and O–H groups in total. The van der Waals surface area contributed by atoms with Crippen LogP contribution in [0.25, 0.3) is 0 Å². The molecule has 0 rings (SSSR count). The van der Waals surface area contributed by atoms with E-state index in [1.807, 2.05) is 18.2 Å². The second-order valence-electron chi connectivity index (χ2n) is 6.13. The fraction of sp³-hybridized carbons (Fsp3) is 0.500. The number of carboxylic acid groups (broad SMARTS) is 1. The summed E-state index contributed by atoms with van der Waals surface area (Å²) in [5.41, 5.74) is 0. The fourth-order valence-corrected chi connectivity index (χ4v) is 2.13. The highest BCUT2D eigenvalue weighted by Crippen LogP contribution is 2.04. The van der Waals surface area contributed by atoms with Gasteiger partial charge >= 0.3 is 5.97 Å². The van der Waals surface area contributed by atoms with Crippen molar-refractivity contribution in [3.8, 4) is 0 Å². The maximum absolute atomic E-state index is 10.4. The number of aliphatic hydroxyl groups excluding tert-OH is 2. The van der Waals surface area contributed by atoms with Crippen molar-refractivity contribution < 1.29 is 20.1 Å². The van der Waals surface area contributed by atoms with Crippen molar-refractivity contribution in [2.75, 3.05) is 0 Å². The van der Waals surface area contributed by atoms with E-state index >= 15 is 0 Å². The van der Waals surface area contributed by atoms with Crippen molar-refractivity contribution in [2.45, 2.75) is 70.5 Å². The van der Waals surface area contributed by atoms with Crippen LogP contribution < -0.4 is 0 Å². The lowest BCUT2D eigenvalue weighted by Gasteiger charge is -2.12. The molecule has 2 atom stereocenters. The molecule has 4 heteroatoms. The summed E-state index contributed by atoms with van der Waals surface area (Å²) in [4.78, 5) is 10.4. The Kier molecular flexibility index (Phi) is 16.6. The van der Waals surface area contributed by atoms with E-state index in [1.54, 1.807) is 12.2 Å². The Morgan fingerprint density at radius 2 is 1.54 bits per heavy atom. The summed E-state index contributed by atoms with van der Waals surface area (Å²) in [7, 11) is 0. The smallest absolute Gasteiger partial charge is 0.303 e. The molecule has 0 aromatic carbocycles. The molecule has 0 radical (unpaired) electrons. The standard InChI is InChI=1S/C22H34O4/c1-2-3-4-5-6-7-8-9-10-11-12-13-14-15-16-17-20(23)21(24)18-19-22(25)26/h7-10,12-17,20-21,23-24H,2-6,11,18-19H2,1H3,(H,25,26)/b8-7+,10-9-,13-12-,15-14+,17-16+. The summed E-state index contributed by atoms with van der Waals surface area (Å²) in [6.07, 6.45) is 24.0. The number of aliphatic carboxylic acids is 1. The first-order valence-corrected chi connectivity index (χ1v) is 9.47. The highest BCUT2D eigenvalue weighted by Gasteiger charge is 2.13. The van der Waals surface area contributed by atoms with Gasteiger partial charge < -0.3 is 15.3 Å².